The summed E-state index contributed by atoms with van der Waals surface area (Å²) in [6.45, 7) is 1.46. The van der Waals surface area contributed by atoms with Gasteiger partial charge in [0.2, 0.25) is 5.91 Å². The number of carbonyl (C=O) groups is 1. The highest BCUT2D eigenvalue weighted by Gasteiger charge is 2.26. The first-order valence-electron chi connectivity index (χ1n) is 9.40. The molecule has 1 unspecified atom stereocenters. The lowest BCUT2D eigenvalue weighted by atomic mass is 10.1. The van der Waals surface area contributed by atoms with E-state index in [9.17, 15) is 4.79 Å². The van der Waals surface area contributed by atoms with Crippen molar-refractivity contribution < 1.29 is 4.79 Å². The zero-order valence-electron chi connectivity index (χ0n) is 15.9. The molecule has 3 aromatic rings. The van der Waals surface area contributed by atoms with Gasteiger partial charge in [-0.2, -0.15) is 5.10 Å². The smallest absolute Gasteiger partial charge is 0.239 e. The molecule has 0 aliphatic carbocycles. The molecule has 1 N–H and O–H groups in total. The summed E-state index contributed by atoms with van der Waals surface area (Å²) in [5.74, 6) is 0.152. The summed E-state index contributed by atoms with van der Waals surface area (Å²) in [6, 6.07) is 20.1. The van der Waals surface area contributed by atoms with Crippen molar-refractivity contribution >= 4 is 18.3 Å². The van der Waals surface area contributed by atoms with Crippen LogP contribution < -0.4 is 5.32 Å². The second-order valence-electron chi connectivity index (χ2n) is 6.99. The number of benzene rings is 2. The molecule has 6 heteroatoms. The van der Waals surface area contributed by atoms with E-state index in [0.717, 1.165) is 41.9 Å². The Labute approximate surface area is 171 Å². The van der Waals surface area contributed by atoms with E-state index in [4.69, 9.17) is 5.10 Å². The van der Waals surface area contributed by atoms with Crippen LogP contribution in [0.25, 0.3) is 16.9 Å². The van der Waals surface area contributed by atoms with E-state index in [1.165, 1.54) is 0 Å². The van der Waals surface area contributed by atoms with Crippen molar-refractivity contribution in [2.24, 2.45) is 0 Å². The number of likely N-dealkylation sites (N-methyl/N-ethyl adjacent to an activating group) is 1. The van der Waals surface area contributed by atoms with Gasteiger partial charge in [-0.25, -0.2) is 4.68 Å². The van der Waals surface area contributed by atoms with Gasteiger partial charge in [0.05, 0.1) is 17.4 Å². The molecule has 1 aliphatic rings. The number of hydrogen-bond acceptors (Lipinski definition) is 3. The monoisotopic (exact) mass is 396 g/mol. The summed E-state index contributed by atoms with van der Waals surface area (Å²) in [6.07, 6.45) is 4.01. The van der Waals surface area contributed by atoms with Gasteiger partial charge in [0.1, 0.15) is 0 Å². The second-order valence-corrected chi connectivity index (χ2v) is 6.99. The zero-order valence-corrected chi connectivity index (χ0v) is 16.7. The van der Waals surface area contributed by atoms with Crippen LogP contribution in [-0.4, -0.2) is 40.2 Å². The molecule has 2 heterocycles. The van der Waals surface area contributed by atoms with Gasteiger partial charge in [-0.3, -0.25) is 4.79 Å². The maximum Gasteiger partial charge on any atom is 0.239 e. The molecule has 1 amide bonds. The van der Waals surface area contributed by atoms with Crippen LogP contribution in [-0.2, 0) is 11.3 Å². The number of aromatic nitrogens is 2. The van der Waals surface area contributed by atoms with Gasteiger partial charge in [-0.05, 0) is 31.5 Å². The third-order valence-electron chi connectivity index (χ3n) is 5.00. The Morgan fingerprint density at radius 2 is 1.82 bits per heavy atom. The Kier molecular flexibility index (Phi) is 6.49. The molecule has 0 bridgehead atoms. The van der Waals surface area contributed by atoms with E-state index in [2.05, 4.69) is 17.4 Å². The molecule has 1 fully saturated rings. The fourth-order valence-electron chi connectivity index (χ4n) is 3.57. The first kappa shape index (κ1) is 20.1. The van der Waals surface area contributed by atoms with E-state index in [-0.39, 0.29) is 24.4 Å². The maximum atomic E-state index is 12.7. The average molecular weight is 397 g/mol. The normalized spacial score (nSPS) is 15.8. The molecule has 0 spiro atoms. The van der Waals surface area contributed by atoms with Gasteiger partial charge in [-0.1, -0.05) is 48.5 Å². The third kappa shape index (κ3) is 4.26. The zero-order chi connectivity index (χ0) is 18.6. The van der Waals surface area contributed by atoms with Crippen molar-refractivity contribution in [1.29, 1.82) is 0 Å². The topological polar surface area (TPSA) is 50.2 Å². The fourth-order valence-corrected chi connectivity index (χ4v) is 3.57. The number of hydrogen-bond donors (Lipinski definition) is 1. The summed E-state index contributed by atoms with van der Waals surface area (Å²) < 4.78 is 1.89. The summed E-state index contributed by atoms with van der Waals surface area (Å²) in [5.41, 5.74) is 4.02. The molecule has 1 aliphatic heterocycles. The van der Waals surface area contributed by atoms with Crippen LogP contribution in [0.2, 0.25) is 0 Å². The Bertz CT molecular complexity index is 905. The molecular weight excluding hydrogens is 372 g/mol. The highest BCUT2D eigenvalue weighted by atomic mass is 35.5. The van der Waals surface area contributed by atoms with Crippen LogP contribution >= 0.6 is 12.4 Å². The van der Waals surface area contributed by atoms with Crippen LogP contribution in [0.5, 0.6) is 0 Å². The molecule has 0 radical (unpaired) electrons. The van der Waals surface area contributed by atoms with Crippen LogP contribution in [0, 0.1) is 0 Å². The Morgan fingerprint density at radius 3 is 2.46 bits per heavy atom. The average Bonchev–Trinajstić information content (AvgIpc) is 3.39. The van der Waals surface area contributed by atoms with Crippen molar-refractivity contribution in [1.82, 2.24) is 20.0 Å². The number of para-hydroxylation sites is 1. The largest absolute Gasteiger partial charge is 0.340 e. The molecule has 2 aromatic carbocycles. The lowest BCUT2D eigenvalue weighted by molar-refractivity contribution is -0.132. The first-order valence-corrected chi connectivity index (χ1v) is 9.40. The van der Waals surface area contributed by atoms with Gasteiger partial charge in [0.15, 0.2) is 0 Å². The molecular formula is C22H25ClN4O. The van der Waals surface area contributed by atoms with Gasteiger partial charge >= 0.3 is 0 Å². The minimum atomic E-state index is -0.0562. The molecule has 146 valence electrons. The highest BCUT2D eigenvalue weighted by Crippen LogP contribution is 2.25. The van der Waals surface area contributed by atoms with Crippen molar-refractivity contribution in [3.05, 3.63) is 72.4 Å². The van der Waals surface area contributed by atoms with Gasteiger partial charge < -0.3 is 10.2 Å². The Balaban J connectivity index is 0.00000225. The van der Waals surface area contributed by atoms with Crippen LogP contribution in [0.15, 0.2) is 66.9 Å². The Morgan fingerprint density at radius 1 is 1.14 bits per heavy atom. The Hall–Kier alpha value is -2.63. The van der Waals surface area contributed by atoms with Crippen molar-refractivity contribution in [2.75, 3.05) is 13.6 Å². The molecule has 28 heavy (non-hydrogen) atoms. The molecule has 4 rings (SSSR count). The van der Waals surface area contributed by atoms with Crippen molar-refractivity contribution in [3.63, 3.8) is 0 Å². The van der Waals surface area contributed by atoms with Gasteiger partial charge in [0, 0.05) is 30.9 Å². The number of halogens is 1. The predicted molar refractivity (Wildman–Crippen MR) is 114 cm³/mol. The number of amides is 1. The quantitative estimate of drug-likeness (QED) is 0.715. The molecule has 1 atom stereocenters. The first-order chi connectivity index (χ1) is 13.2. The van der Waals surface area contributed by atoms with E-state index >= 15 is 0 Å². The van der Waals surface area contributed by atoms with Crippen LogP contribution in [0.3, 0.4) is 0 Å². The summed E-state index contributed by atoms with van der Waals surface area (Å²) in [4.78, 5) is 14.5. The van der Waals surface area contributed by atoms with E-state index in [1.807, 2.05) is 71.4 Å². The van der Waals surface area contributed by atoms with E-state index in [0.29, 0.717) is 6.54 Å². The van der Waals surface area contributed by atoms with E-state index < -0.39 is 0 Å². The lowest BCUT2D eigenvalue weighted by Crippen LogP contribution is -2.41. The summed E-state index contributed by atoms with van der Waals surface area (Å²) in [5, 5.41) is 8.11. The predicted octanol–water partition coefficient (Wildman–Crippen LogP) is 3.67. The third-order valence-corrected chi connectivity index (χ3v) is 5.00. The van der Waals surface area contributed by atoms with Crippen LogP contribution in [0.4, 0.5) is 0 Å². The maximum absolute atomic E-state index is 12.7. The van der Waals surface area contributed by atoms with Crippen molar-refractivity contribution in [3.8, 4) is 16.9 Å². The number of nitrogens with zero attached hydrogens (tertiary/aromatic N) is 3. The molecule has 1 aromatic heterocycles. The minimum Gasteiger partial charge on any atom is -0.340 e. The summed E-state index contributed by atoms with van der Waals surface area (Å²) in [7, 11) is 1.87. The number of carbonyl (C=O) groups excluding carboxylic acids is 1. The van der Waals surface area contributed by atoms with E-state index in [1.54, 1.807) is 0 Å². The van der Waals surface area contributed by atoms with Crippen LogP contribution in [0.1, 0.15) is 18.4 Å². The molecule has 0 saturated carbocycles. The van der Waals surface area contributed by atoms with Crippen molar-refractivity contribution in [2.45, 2.75) is 25.4 Å². The number of rotatable bonds is 5. The fraction of sp³-hybridized carbons (Fsp3) is 0.273. The second kappa shape index (κ2) is 9.04. The molecule has 5 nitrogen and oxygen atoms in total. The minimum absolute atomic E-state index is 0. The SMILES string of the molecule is CN(Cc1cn(-c2ccccc2)nc1-c1ccccc1)C(=O)C1CCCN1.Cl. The van der Waals surface area contributed by atoms with Gasteiger partial charge in [-0.15, -0.1) is 12.4 Å². The summed E-state index contributed by atoms with van der Waals surface area (Å²) >= 11 is 0. The standard InChI is InChI=1S/C22H24N4O.ClH/c1-25(22(27)20-13-8-14-23-20)15-18-16-26(19-11-6-3-7-12-19)24-21(18)17-9-4-2-5-10-17;/h2-7,9-12,16,20,23H,8,13-15H2,1H3;1H. The molecule has 1 saturated heterocycles. The lowest BCUT2D eigenvalue weighted by Gasteiger charge is -2.21. The highest BCUT2D eigenvalue weighted by molar-refractivity contribution is 5.85. The number of nitrogens with one attached hydrogen (secondary N) is 1. The van der Waals surface area contributed by atoms with Gasteiger partial charge in [0.25, 0.3) is 0 Å².